The number of nitrogens with zero attached hydrogens (tertiary/aromatic N) is 2. The molecule has 1 atom stereocenters. The molecular weight excluding hydrogens is 278 g/mol. The van der Waals surface area contributed by atoms with Crippen LogP contribution in [0.25, 0.3) is 0 Å². The third-order valence-corrected chi connectivity index (χ3v) is 2.39. The Kier molecular flexibility index (Phi) is 5.45. The molecule has 2 N–H and O–H groups in total. The highest BCUT2D eigenvalue weighted by Gasteiger charge is 2.23. The van der Waals surface area contributed by atoms with E-state index in [-0.39, 0.29) is 12.8 Å². The molecular formula is C13H19N3O5. The fourth-order valence-corrected chi connectivity index (χ4v) is 1.51. The molecule has 8 nitrogen and oxygen atoms in total. The Morgan fingerprint density at radius 1 is 1.38 bits per heavy atom. The van der Waals surface area contributed by atoms with E-state index in [9.17, 15) is 14.4 Å². The average molecular weight is 297 g/mol. The third kappa shape index (κ3) is 6.07. The molecule has 0 aliphatic carbocycles. The van der Waals surface area contributed by atoms with Gasteiger partial charge in [-0.3, -0.25) is 9.36 Å². The van der Waals surface area contributed by atoms with Crippen LogP contribution in [0.4, 0.5) is 4.79 Å². The third-order valence-electron chi connectivity index (χ3n) is 2.39. The normalized spacial score (nSPS) is 12.5. The second-order valence-corrected chi connectivity index (χ2v) is 5.44. The summed E-state index contributed by atoms with van der Waals surface area (Å²) in [6.07, 6.45) is 3.89. The number of nitrogens with one attached hydrogen (secondary N) is 1. The van der Waals surface area contributed by atoms with E-state index in [0.29, 0.717) is 0 Å². The second-order valence-electron chi connectivity index (χ2n) is 5.44. The minimum Gasteiger partial charge on any atom is -0.480 e. The van der Waals surface area contributed by atoms with Gasteiger partial charge in [-0.2, -0.15) is 0 Å². The fourth-order valence-electron chi connectivity index (χ4n) is 1.51. The number of carboxylic acid groups (broad SMARTS) is 1. The monoisotopic (exact) mass is 297 g/mol. The number of amides is 1. The highest BCUT2D eigenvalue weighted by Crippen LogP contribution is 2.10. The molecule has 116 valence electrons. The van der Waals surface area contributed by atoms with Gasteiger partial charge in [-0.15, -0.1) is 0 Å². The lowest BCUT2D eigenvalue weighted by Crippen LogP contribution is -2.43. The van der Waals surface area contributed by atoms with Crippen molar-refractivity contribution in [3.63, 3.8) is 0 Å². The summed E-state index contributed by atoms with van der Waals surface area (Å²) in [6.45, 7) is 5.17. The lowest BCUT2D eigenvalue weighted by molar-refractivity contribution is -0.155. The summed E-state index contributed by atoms with van der Waals surface area (Å²) in [6, 6.07) is -1.79. The van der Waals surface area contributed by atoms with E-state index in [4.69, 9.17) is 9.84 Å². The molecule has 0 bridgehead atoms. The van der Waals surface area contributed by atoms with Gasteiger partial charge in [-0.25, -0.2) is 14.6 Å². The van der Waals surface area contributed by atoms with Crippen LogP contribution in [-0.4, -0.2) is 44.3 Å². The smallest absolute Gasteiger partial charge is 0.327 e. The number of carboxylic acids is 1. The SMILES string of the molecule is CC(C)(C)OC(=O)CC[C@H](NC(=O)n1ccnc1)C(=O)O. The maximum absolute atomic E-state index is 11.7. The van der Waals surface area contributed by atoms with Crippen molar-refractivity contribution in [2.45, 2.75) is 45.3 Å². The van der Waals surface area contributed by atoms with Gasteiger partial charge in [0.25, 0.3) is 0 Å². The van der Waals surface area contributed by atoms with Crippen LogP contribution in [0.5, 0.6) is 0 Å². The number of hydrogen-bond donors (Lipinski definition) is 2. The van der Waals surface area contributed by atoms with Gasteiger partial charge >= 0.3 is 18.0 Å². The highest BCUT2D eigenvalue weighted by atomic mass is 16.6. The Labute approximate surface area is 122 Å². The average Bonchev–Trinajstić information content (AvgIpc) is 2.85. The number of hydrogen-bond acceptors (Lipinski definition) is 5. The topological polar surface area (TPSA) is 111 Å². The molecule has 0 radical (unpaired) electrons. The zero-order valence-corrected chi connectivity index (χ0v) is 12.2. The Bertz CT molecular complexity index is 504. The number of ether oxygens (including phenoxy) is 1. The van der Waals surface area contributed by atoms with Crippen molar-refractivity contribution in [1.29, 1.82) is 0 Å². The van der Waals surface area contributed by atoms with Crippen molar-refractivity contribution in [2.24, 2.45) is 0 Å². The minimum absolute atomic E-state index is 0.0509. The maximum Gasteiger partial charge on any atom is 0.327 e. The Hall–Kier alpha value is -2.38. The number of aliphatic carboxylic acids is 1. The Balaban J connectivity index is 2.53. The summed E-state index contributed by atoms with van der Waals surface area (Å²) in [5, 5.41) is 11.4. The van der Waals surface area contributed by atoms with Crippen LogP contribution in [0.2, 0.25) is 0 Å². The van der Waals surface area contributed by atoms with Crippen molar-refractivity contribution < 1.29 is 24.2 Å². The first kappa shape index (κ1) is 16.7. The van der Waals surface area contributed by atoms with Gasteiger partial charge in [-0.05, 0) is 27.2 Å². The van der Waals surface area contributed by atoms with E-state index in [1.165, 1.54) is 18.7 Å². The van der Waals surface area contributed by atoms with Crippen LogP contribution in [0.3, 0.4) is 0 Å². The summed E-state index contributed by atoms with van der Waals surface area (Å²) in [4.78, 5) is 38.1. The zero-order valence-electron chi connectivity index (χ0n) is 12.2. The summed E-state index contributed by atoms with van der Waals surface area (Å²) < 4.78 is 6.20. The van der Waals surface area contributed by atoms with Crippen molar-refractivity contribution in [2.75, 3.05) is 0 Å². The predicted molar refractivity (Wildman–Crippen MR) is 72.7 cm³/mol. The zero-order chi connectivity index (χ0) is 16.0. The standard InChI is InChI=1S/C13H19N3O5/c1-13(2,3)21-10(17)5-4-9(11(18)19)15-12(20)16-7-6-14-8-16/h6-9H,4-5H2,1-3H3,(H,15,20)(H,18,19)/t9-/m0/s1. The summed E-state index contributed by atoms with van der Waals surface area (Å²) >= 11 is 0. The molecule has 1 heterocycles. The number of carbonyl (C=O) groups is 3. The molecule has 0 saturated heterocycles. The lowest BCUT2D eigenvalue weighted by atomic mass is 10.1. The number of carbonyl (C=O) groups excluding carboxylic acids is 2. The molecule has 0 fully saturated rings. The predicted octanol–water partition coefficient (Wildman–Crippen LogP) is 1.02. The quantitative estimate of drug-likeness (QED) is 0.785. The first-order chi connectivity index (χ1) is 9.69. The van der Waals surface area contributed by atoms with Crippen molar-refractivity contribution in [3.05, 3.63) is 18.7 Å². The lowest BCUT2D eigenvalue weighted by Gasteiger charge is -2.20. The molecule has 1 aromatic rings. The Morgan fingerprint density at radius 2 is 2.05 bits per heavy atom. The first-order valence-electron chi connectivity index (χ1n) is 6.42. The van der Waals surface area contributed by atoms with Gasteiger partial charge in [0.2, 0.25) is 0 Å². The first-order valence-corrected chi connectivity index (χ1v) is 6.42. The van der Waals surface area contributed by atoms with E-state index < -0.39 is 29.6 Å². The molecule has 0 aliphatic rings. The molecule has 1 aromatic heterocycles. The van der Waals surface area contributed by atoms with E-state index >= 15 is 0 Å². The summed E-state index contributed by atoms with van der Waals surface area (Å²) in [5.41, 5.74) is -0.629. The van der Waals surface area contributed by atoms with Gasteiger partial charge in [0, 0.05) is 18.8 Å². The van der Waals surface area contributed by atoms with Crippen LogP contribution >= 0.6 is 0 Å². The molecule has 0 spiro atoms. The van der Waals surface area contributed by atoms with Crippen molar-refractivity contribution in [3.8, 4) is 0 Å². The maximum atomic E-state index is 11.7. The van der Waals surface area contributed by atoms with Crippen LogP contribution in [0.15, 0.2) is 18.7 Å². The van der Waals surface area contributed by atoms with Crippen LogP contribution in [-0.2, 0) is 14.3 Å². The molecule has 1 rings (SSSR count). The minimum atomic E-state index is -1.22. The molecule has 8 heteroatoms. The number of rotatable bonds is 5. The van der Waals surface area contributed by atoms with E-state index in [1.807, 2.05) is 0 Å². The van der Waals surface area contributed by atoms with Crippen LogP contribution < -0.4 is 5.32 Å². The second kappa shape index (κ2) is 6.87. The molecule has 0 aromatic carbocycles. The van der Waals surface area contributed by atoms with Gasteiger partial charge in [-0.1, -0.05) is 0 Å². The number of esters is 1. The van der Waals surface area contributed by atoms with Crippen LogP contribution in [0, 0.1) is 0 Å². The molecule has 0 unspecified atom stereocenters. The molecule has 0 saturated carbocycles. The van der Waals surface area contributed by atoms with Gasteiger partial charge in [0.15, 0.2) is 0 Å². The number of aromatic nitrogens is 2. The fraction of sp³-hybridized carbons (Fsp3) is 0.538. The molecule has 1 amide bonds. The van der Waals surface area contributed by atoms with E-state index in [0.717, 1.165) is 4.57 Å². The summed E-state index contributed by atoms with van der Waals surface area (Å²) in [5.74, 6) is -1.72. The largest absolute Gasteiger partial charge is 0.480 e. The van der Waals surface area contributed by atoms with Crippen molar-refractivity contribution in [1.82, 2.24) is 14.9 Å². The van der Waals surface area contributed by atoms with E-state index in [2.05, 4.69) is 10.3 Å². The van der Waals surface area contributed by atoms with Crippen molar-refractivity contribution >= 4 is 18.0 Å². The van der Waals surface area contributed by atoms with Gasteiger partial charge in [0.1, 0.15) is 18.0 Å². The molecule has 21 heavy (non-hydrogen) atoms. The number of imidazole rings is 1. The highest BCUT2D eigenvalue weighted by molar-refractivity contribution is 5.84. The van der Waals surface area contributed by atoms with Gasteiger partial charge in [0.05, 0.1) is 0 Å². The van der Waals surface area contributed by atoms with Crippen LogP contribution in [0.1, 0.15) is 33.6 Å². The molecule has 0 aliphatic heterocycles. The summed E-state index contributed by atoms with van der Waals surface area (Å²) in [7, 11) is 0. The van der Waals surface area contributed by atoms with Gasteiger partial charge < -0.3 is 15.2 Å². The van der Waals surface area contributed by atoms with E-state index in [1.54, 1.807) is 20.8 Å². The Morgan fingerprint density at radius 3 is 2.52 bits per heavy atom.